The SMILES string of the molecule is C=CCC(NC(=O)CSc1ccc(Cl)cc1)C(=O)O. The molecular formula is C13H14ClNO3S. The average Bonchev–Trinajstić information content (AvgIpc) is 2.37. The van der Waals surface area contributed by atoms with Crippen molar-refractivity contribution in [1.82, 2.24) is 5.32 Å². The van der Waals surface area contributed by atoms with Crippen molar-refractivity contribution in [2.75, 3.05) is 5.75 Å². The largest absolute Gasteiger partial charge is 0.480 e. The molecule has 19 heavy (non-hydrogen) atoms. The first-order valence-corrected chi connectivity index (χ1v) is 6.90. The van der Waals surface area contributed by atoms with Crippen molar-refractivity contribution < 1.29 is 14.7 Å². The summed E-state index contributed by atoms with van der Waals surface area (Å²) < 4.78 is 0. The normalized spacial score (nSPS) is 11.6. The quantitative estimate of drug-likeness (QED) is 0.600. The van der Waals surface area contributed by atoms with Gasteiger partial charge in [-0.05, 0) is 30.7 Å². The fourth-order valence-electron chi connectivity index (χ4n) is 1.30. The number of carbonyl (C=O) groups excluding carboxylic acids is 1. The molecule has 1 rings (SSSR count). The topological polar surface area (TPSA) is 66.4 Å². The molecule has 6 heteroatoms. The lowest BCUT2D eigenvalue weighted by Gasteiger charge is -2.12. The Balaban J connectivity index is 2.44. The summed E-state index contributed by atoms with van der Waals surface area (Å²) in [6, 6.07) is 6.16. The van der Waals surface area contributed by atoms with Crippen LogP contribution >= 0.6 is 23.4 Å². The van der Waals surface area contributed by atoms with Crippen molar-refractivity contribution in [1.29, 1.82) is 0 Å². The Morgan fingerprint density at radius 1 is 1.42 bits per heavy atom. The maximum atomic E-state index is 11.6. The third-order valence-corrected chi connectivity index (χ3v) is 3.48. The summed E-state index contributed by atoms with van der Waals surface area (Å²) in [6.07, 6.45) is 1.66. The Kier molecular flexibility index (Phi) is 6.45. The number of hydrogen-bond donors (Lipinski definition) is 2. The number of rotatable bonds is 7. The summed E-state index contributed by atoms with van der Waals surface area (Å²) in [7, 11) is 0. The fourth-order valence-corrected chi connectivity index (χ4v) is 2.14. The second-order valence-electron chi connectivity index (χ2n) is 3.73. The van der Waals surface area contributed by atoms with Crippen LogP contribution in [-0.2, 0) is 9.59 Å². The van der Waals surface area contributed by atoms with Gasteiger partial charge in [0, 0.05) is 9.92 Å². The first-order valence-electron chi connectivity index (χ1n) is 5.54. The maximum Gasteiger partial charge on any atom is 0.326 e. The molecule has 0 radical (unpaired) electrons. The van der Waals surface area contributed by atoms with Crippen molar-refractivity contribution >= 4 is 35.2 Å². The third kappa shape index (κ3) is 5.81. The molecule has 0 saturated carbocycles. The first-order chi connectivity index (χ1) is 9.02. The van der Waals surface area contributed by atoms with E-state index in [0.717, 1.165) is 4.90 Å². The third-order valence-electron chi connectivity index (χ3n) is 2.22. The Morgan fingerprint density at radius 3 is 2.58 bits per heavy atom. The molecule has 0 spiro atoms. The molecule has 2 N–H and O–H groups in total. The zero-order valence-corrected chi connectivity index (χ0v) is 11.7. The Bertz CT molecular complexity index is 461. The molecule has 0 saturated heterocycles. The molecular weight excluding hydrogens is 286 g/mol. The predicted octanol–water partition coefficient (Wildman–Crippen LogP) is 2.58. The number of hydrogen-bond acceptors (Lipinski definition) is 3. The van der Waals surface area contributed by atoms with E-state index in [9.17, 15) is 9.59 Å². The highest BCUT2D eigenvalue weighted by Gasteiger charge is 2.17. The number of carboxylic acid groups (broad SMARTS) is 1. The standard InChI is InChI=1S/C13H14ClNO3S/c1-2-3-11(13(17)18)15-12(16)8-19-10-6-4-9(14)5-7-10/h2,4-7,11H,1,3,8H2,(H,15,16)(H,17,18). The molecule has 0 aliphatic heterocycles. The van der Waals surface area contributed by atoms with E-state index in [1.54, 1.807) is 24.3 Å². The Labute approximate surface area is 120 Å². The van der Waals surface area contributed by atoms with E-state index in [4.69, 9.17) is 16.7 Å². The number of aliphatic carboxylic acids is 1. The van der Waals surface area contributed by atoms with Gasteiger partial charge in [-0.15, -0.1) is 18.3 Å². The van der Waals surface area contributed by atoms with Crippen LogP contribution < -0.4 is 5.32 Å². The number of carboxylic acids is 1. The zero-order chi connectivity index (χ0) is 14.3. The van der Waals surface area contributed by atoms with E-state index < -0.39 is 12.0 Å². The van der Waals surface area contributed by atoms with Crippen LogP contribution in [0.3, 0.4) is 0 Å². The zero-order valence-electron chi connectivity index (χ0n) is 10.1. The van der Waals surface area contributed by atoms with Crippen LogP contribution in [0.15, 0.2) is 41.8 Å². The van der Waals surface area contributed by atoms with E-state index in [-0.39, 0.29) is 18.1 Å². The van der Waals surface area contributed by atoms with Crippen molar-refractivity contribution in [2.45, 2.75) is 17.4 Å². The van der Waals surface area contributed by atoms with Gasteiger partial charge < -0.3 is 10.4 Å². The Morgan fingerprint density at radius 2 is 2.05 bits per heavy atom. The number of carbonyl (C=O) groups is 2. The summed E-state index contributed by atoms with van der Waals surface area (Å²) in [5, 5.41) is 12.0. The van der Waals surface area contributed by atoms with Gasteiger partial charge in [0.25, 0.3) is 0 Å². The second-order valence-corrected chi connectivity index (χ2v) is 5.21. The first kappa shape index (κ1) is 15.6. The minimum atomic E-state index is -1.07. The van der Waals surface area contributed by atoms with Crippen LogP contribution in [-0.4, -0.2) is 28.8 Å². The molecule has 0 heterocycles. The van der Waals surface area contributed by atoms with Gasteiger partial charge in [0.05, 0.1) is 5.75 Å². The summed E-state index contributed by atoms with van der Waals surface area (Å²) in [6.45, 7) is 3.46. The molecule has 0 aromatic heterocycles. The van der Waals surface area contributed by atoms with Gasteiger partial charge in [-0.3, -0.25) is 4.79 Å². The second kappa shape index (κ2) is 7.86. The predicted molar refractivity (Wildman–Crippen MR) is 76.6 cm³/mol. The molecule has 1 amide bonds. The number of thioether (sulfide) groups is 1. The molecule has 102 valence electrons. The van der Waals surface area contributed by atoms with Crippen LogP contribution in [0.1, 0.15) is 6.42 Å². The summed E-state index contributed by atoms with van der Waals surface area (Å²) in [5.74, 6) is -1.23. The maximum absolute atomic E-state index is 11.6. The summed E-state index contributed by atoms with van der Waals surface area (Å²) >= 11 is 7.07. The van der Waals surface area contributed by atoms with Gasteiger partial charge in [0.15, 0.2) is 0 Å². The number of nitrogens with one attached hydrogen (secondary N) is 1. The molecule has 4 nitrogen and oxygen atoms in total. The Hall–Kier alpha value is -1.46. The molecule has 0 fully saturated rings. The minimum Gasteiger partial charge on any atom is -0.480 e. The molecule has 0 aliphatic rings. The lowest BCUT2D eigenvalue weighted by Crippen LogP contribution is -2.41. The number of amides is 1. The lowest BCUT2D eigenvalue weighted by molar-refractivity contribution is -0.141. The molecule has 0 bridgehead atoms. The van der Waals surface area contributed by atoms with Gasteiger partial charge in [-0.25, -0.2) is 4.79 Å². The highest BCUT2D eigenvalue weighted by molar-refractivity contribution is 8.00. The van der Waals surface area contributed by atoms with Crippen LogP contribution in [0.5, 0.6) is 0 Å². The van der Waals surface area contributed by atoms with Gasteiger partial charge in [0.2, 0.25) is 5.91 Å². The molecule has 0 aliphatic carbocycles. The monoisotopic (exact) mass is 299 g/mol. The van der Waals surface area contributed by atoms with Crippen LogP contribution in [0, 0.1) is 0 Å². The van der Waals surface area contributed by atoms with Crippen LogP contribution in [0.4, 0.5) is 0 Å². The molecule has 1 unspecified atom stereocenters. The highest BCUT2D eigenvalue weighted by atomic mass is 35.5. The van der Waals surface area contributed by atoms with Gasteiger partial charge >= 0.3 is 5.97 Å². The van der Waals surface area contributed by atoms with Gasteiger partial charge in [0.1, 0.15) is 6.04 Å². The van der Waals surface area contributed by atoms with Crippen LogP contribution in [0.25, 0.3) is 0 Å². The van der Waals surface area contributed by atoms with E-state index in [1.807, 2.05) is 0 Å². The molecule has 1 aromatic rings. The van der Waals surface area contributed by atoms with Crippen molar-refractivity contribution in [3.05, 3.63) is 41.9 Å². The van der Waals surface area contributed by atoms with Gasteiger partial charge in [-0.1, -0.05) is 17.7 Å². The fraction of sp³-hybridized carbons (Fsp3) is 0.231. The lowest BCUT2D eigenvalue weighted by atomic mass is 10.2. The van der Waals surface area contributed by atoms with E-state index >= 15 is 0 Å². The molecule has 1 atom stereocenters. The van der Waals surface area contributed by atoms with E-state index in [0.29, 0.717) is 5.02 Å². The van der Waals surface area contributed by atoms with Crippen molar-refractivity contribution in [3.8, 4) is 0 Å². The number of halogens is 1. The van der Waals surface area contributed by atoms with E-state index in [2.05, 4.69) is 11.9 Å². The van der Waals surface area contributed by atoms with Gasteiger partial charge in [-0.2, -0.15) is 0 Å². The summed E-state index contributed by atoms with van der Waals surface area (Å²) in [4.78, 5) is 23.4. The van der Waals surface area contributed by atoms with Crippen LogP contribution in [0.2, 0.25) is 5.02 Å². The summed E-state index contributed by atoms with van der Waals surface area (Å²) in [5.41, 5.74) is 0. The van der Waals surface area contributed by atoms with E-state index in [1.165, 1.54) is 17.8 Å². The highest BCUT2D eigenvalue weighted by Crippen LogP contribution is 2.19. The van der Waals surface area contributed by atoms with Crippen molar-refractivity contribution in [2.24, 2.45) is 0 Å². The van der Waals surface area contributed by atoms with Crippen molar-refractivity contribution in [3.63, 3.8) is 0 Å². The molecule has 1 aromatic carbocycles. The average molecular weight is 300 g/mol. The minimum absolute atomic E-state index is 0.155. The number of benzene rings is 1. The smallest absolute Gasteiger partial charge is 0.326 e.